The first-order valence-corrected chi connectivity index (χ1v) is 9.94. The van der Waals surface area contributed by atoms with Gasteiger partial charge in [0.25, 0.3) is 0 Å². The van der Waals surface area contributed by atoms with Crippen LogP contribution in [0.1, 0.15) is 63.3 Å². The second-order valence-electron chi connectivity index (χ2n) is 7.73. The van der Waals surface area contributed by atoms with Crippen molar-refractivity contribution in [3.8, 4) is 0 Å². The minimum Gasteiger partial charge on any atom is -0.342 e. The highest BCUT2D eigenvalue weighted by Gasteiger charge is 2.28. The van der Waals surface area contributed by atoms with Gasteiger partial charge in [0, 0.05) is 37.9 Å². The minimum absolute atomic E-state index is 0.00561. The Bertz CT molecular complexity index is 699. The quantitative estimate of drug-likeness (QED) is 0.770. The van der Waals surface area contributed by atoms with Gasteiger partial charge in [0.1, 0.15) is 5.82 Å². The van der Waals surface area contributed by atoms with E-state index < -0.39 is 0 Å². The van der Waals surface area contributed by atoms with Crippen LogP contribution in [-0.2, 0) is 11.3 Å². The second kappa shape index (κ2) is 8.52. The van der Waals surface area contributed by atoms with Crippen molar-refractivity contribution >= 4 is 5.91 Å². The molecule has 26 heavy (non-hydrogen) atoms. The van der Waals surface area contributed by atoms with E-state index in [-0.39, 0.29) is 5.92 Å². The van der Waals surface area contributed by atoms with E-state index in [0.717, 1.165) is 44.5 Å². The summed E-state index contributed by atoms with van der Waals surface area (Å²) < 4.78 is 2.30. The molecule has 0 spiro atoms. The first-order valence-electron chi connectivity index (χ1n) is 9.94. The van der Waals surface area contributed by atoms with Crippen LogP contribution in [-0.4, -0.2) is 33.4 Å². The van der Waals surface area contributed by atoms with Crippen molar-refractivity contribution in [1.29, 1.82) is 0 Å². The number of carbonyl (C=O) groups excluding carboxylic acids is 1. The molecule has 1 aromatic heterocycles. The summed E-state index contributed by atoms with van der Waals surface area (Å²) in [5.74, 6) is 2.53. The number of rotatable bonds is 6. The predicted octanol–water partition coefficient (Wildman–Crippen LogP) is 4.44. The van der Waals surface area contributed by atoms with Crippen LogP contribution in [0.4, 0.5) is 0 Å². The molecule has 1 unspecified atom stereocenters. The SMILES string of the molecule is CCC(C(=O)N1CCC(Cn2ccnc2C(C)C)CC1)c1ccccc1. The van der Waals surface area contributed by atoms with E-state index in [1.54, 1.807) is 0 Å². The van der Waals surface area contributed by atoms with Crippen molar-refractivity contribution < 1.29 is 4.79 Å². The maximum absolute atomic E-state index is 13.0. The van der Waals surface area contributed by atoms with Crippen LogP contribution in [0.3, 0.4) is 0 Å². The molecule has 2 aromatic rings. The Morgan fingerprint density at radius 1 is 1.19 bits per heavy atom. The van der Waals surface area contributed by atoms with Gasteiger partial charge < -0.3 is 9.47 Å². The van der Waals surface area contributed by atoms with Gasteiger partial charge in [-0.1, -0.05) is 51.1 Å². The highest BCUT2D eigenvalue weighted by molar-refractivity contribution is 5.83. The lowest BCUT2D eigenvalue weighted by molar-refractivity contribution is -0.134. The molecule has 0 radical (unpaired) electrons. The Balaban J connectivity index is 1.57. The van der Waals surface area contributed by atoms with Crippen molar-refractivity contribution in [3.05, 3.63) is 54.1 Å². The Hall–Kier alpha value is -2.10. The number of amides is 1. The first-order chi connectivity index (χ1) is 12.6. The number of benzene rings is 1. The molecule has 4 heteroatoms. The average Bonchev–Trinajstić information content (AvgIpc) is 3.12. The van der Waals surface area contributed by atoms with E-state index in [4.69, 9.17) is 0 Å². The monoisotopic (exact) mass is 353 g/mol. The van der Waals surface area contributed by atoms with Crippen LogP contribution in [0.5, 0.6) is 0 Å². The van der Waals surface area contributed by atoms with Crippen LogP contribution in [0.2, 0.25) is 0 Å². The number of imidazole rings is 1. The van der Waals surface area contributed by atoms with Gasteiger partial charge in [-0.05, 0) is 30.7 Å². The van der Waals surface area contributed by atoms with E-state index in [1.165, 1.54) is 5.82 Å². The van der Waals surface area contributed by atoms with Crippen LogP contribution in [0.15, 0.2) is 42.7 Å². The van der Waals surface area contributed by atoms with Gasteiger partial charge in [0.2, 0.25) is 5.91 Å². The molecular formula is C22H31N3O. The van der Waals surface area contributed by atoms with Gasteiger partial charge in [-0.3, -0.25) is 4.79 Å². The molecule has 0 bridgehead atoms. The lowest BCUT2D eigenvalue weighted by Crippen LogP contribution is -2.41. The molecule has 1 amide bonds. The van der Waals surface area contributed by atoms with Gasteiger partial charge in [-0.25, -0.2) is 4.98 Å². The summed E-state index contributed by atoms with van der Waals surface area (Å²) in [5, 5.41) is 0. The van der Waals surface area contributed by atoms with Crippen molar-refractivity contribution in [1.82, 2.24) is 14.5 Å². The number of nitrogens with zero attached hydrogens (tertiary/aromatic N) is 3. The zero-order valence-electron chi connectivity index (χ0n) is 16.3. The summed E-state index contributed by atoms with van der Waals surface area (Å²) in [7, 11) is 0. The third-order valence-corrected chi connectivity index (χ3v) is 5.55. The highest BCUT2D eigenvalue weighted by Crippen LogP contribution is 2.26. The number of aromatic nitrogens is 2. The van der Waals surface area contributed by atoms with Gasteiger partial charge >= 0.3 is 0 Å². The molecule has 0 N–H and O–H groups in total. The predicted molar refractivity (Wildman–Crippen MR) is 105 cm³/mol. The Morgan fingerprint density at radius 3 is 2.50 bits per heavy atom. The van der Waals surface area contributed by atoms with E-state index in [0.29, 0.717) is 17.7 Å². The largest absolute Gasteiger partial charge is 0.342 e. The molecule has 1 fully saturated rings. The van der Waals surface area contributed by atoms with Gasteiger partial charge in [-0.15, -0.1) is 0 Å². The van der Waals surface area contributed by atoms with Crippen LogP contribution in [0, 0.1) is 5.92 Å². The average molecular weight is 354 g/mol. The van der Waals surface area contributed by atoms with Crippen LogP contribution >= 0.6 is 0 Å². The summed E-state index contributed by atoms with van der Waals surface area (Å²) in [6.07, 6.45) is 7.00. The molecule has 0 saturated carbocycles. The Labute approximate surface area is 157 Å². The fourth-order valence-electron chi connectivity index (χ4n) is 4.05. The molecule has 1 atom stereocenters. The number of hydrogen-bond donors (Lipinski definition) is 0. The number of hydrogen-bond acceptors (Lipinski definition) is 2. The topological polar surface area (TPSA) is 38.1 Å². The molecule has 1 saturated heterocycles. The van der Waals surface area contributed by atoms with Gasteiger partial charge in [-0.2, -0.15) is 0 Å². The fraction of sp³-hybridized carbons (Fsp3) is 0.545. The van der Waals surface area contributed by atoms with Gasteiger partial charge in [0.05, 0.1) is 5.92 Å². The standard InChI is InChI=1S/C22H31N3O/c1-4-20(19-8-6-5-7-9-19)22(26)24-13-10-18(11-14-24)16-25-15-12-23-21(25)17(2)3/h5-9,12,15,17-18,20H,4,10-11,13-14,16H2,1-3H3. The van der Waals surface area contributed by atoms with Crippen molar-refractivity contribution in [3.63, 3.8) is 0 Å². The van der Waals surface area contributed by atoms with Crippen molar-refractivity contribution in [2.45, 2.75) is 58.4 Å². The number of carbonyl (C=O) groups is 1. The lowest BCUT2D eigenvalue weighted by Gasteiger charge is -2.34. The van der Waals surface area contributed by atoms with Crippen LogP contribution < -0.4 is 0 Å². The van der Waals surface area contributed by atoms with Crippen molar-refractivity contribution in [2.75, 3.05) is 13.1 Å². The van der Waals surface area contributed by atoms with E-state index in [1.807, 2.05) is 24.4 Å². The molecular weight excluding hydrogens is 322 g/mol. The molecule has 2 heterocycles. The van der Waals surface area contributed by atoms with Gasteiger partial charge in [0.15, 0.2) is 0 Å². The zero-order chi connectivity index (χ0) is 18.5. The van der Waals surface area contributed by atoms with E-state index in [2.05, 4.69) is 53.6 Å². The molecule has 4 nitrogen and oxygen atoms in total. The van der Waals surface area contributed by atoms with Crippen LogP contribution in [0.25, 0.3) is 0 Å². The third kappa shape index (κ3) is 4.17. The van der Waals surface area contributed by atoms with E-state index >= 15 is 0 Å². The summed E-state index contributed by atoms with van der Waals surface area (Å²) in [4.78, 5) is 19.6. The summed E-state index contributed by atoms with van der Waals surface area (Å²) in [6, 6.07) is 10.2. The zero-order valence-corrected chi connectivity index (χ0v) is 16.3. The number of likely N-dealkylation sites (tertiary alicyclic amines) is 1. The van der Waals surface area contributed by atoms with Crippen molar-refractivity contribution in [2.24, 2.45) is 5.92 Å². The maximum Gasteiger partial charge on any atom is 0.230 e. The lowest BCUT2D eigenvalue weighted by atomic mass is 9.92. The molecule has 1 aliphatic rings. The molecule has 1 aromatic carbocycles. The second-order valence-corrected chi connectivity index (χ2v) is 7.73. The Morgan fingerprint density at radius 2 is 1.88 bits per heavy atom. The Kier molecular flexibility index (Phi) is 6.12. The minimum atomic E-state index is -0.00561. The first kappa shape index (κ1) is 18.7. The number of piperidine rings is 1. The molecule has 3 rings (SSSR count). The summed E-state index contributed by atoms with van der Waals surface area (Å²) in [6.45, 7) is 9.25. The summed E-state index contributed by atoms with van der Waals surface area (Å²) in [5.41, 5.74) is 1.14. The maximum atomic E-state index is 13.0. The molecule has 1 aliphatic heterocycles. The smallest absolute Gasteiger partial charge is 0.230 e. The molecule has 140 valence electrons. The van der Waals surface area contributed by atoms with E-state index in [9.17, 15) is 4.79 Å². The summed E-state index contributed by atoms with van der Waals surface area (Å²) >= 11 is 0. The fourth-order valence-corrected chi connectivity index (χ4v) is 4.05. The normalized spacial score (nSPS) is 16.8. The molecule has 0 aliphatic carbocycles. The third-order valence-electron chi connectivity index (χ3n) is 5.55. The highest BCUT2D eigenvalue weighted by atomic mass is 16.2.